The lowest BCUT2D eigenvalue weighted by Gasteiger charge is -2.34. The summed E-state index contributed by atoms with van der Waals surface area (Å²) in [5, 5.41) is 11.0. The molecule has 3 aromatic rings. The van der Waals surface area contributed by atoms with Crippen molar-refractivity contribution in [2.75, 3.05) is 28.3 Å². The van der Waals surface area contributed by atoms with Gasteiger partial charge in [-0.1, -0.05) is 35.9 Å². The van der Waals surface area contributed by atoms with Crippen LogP contribution in [0.2, 0.25) is 5.02 Å². The molecule has 6 bridgehead atoms. The third-order valence-corrected chi connectivity index (χ3v) is 10.4. The molecule has 6 amide bonds. The lowest BCUT2D eigenvalue weighted by molar-refractivity contribution is -0.145. The first-order valence-corrected chi connectivity index (χ1v) is 18.5. The summed E-state index contributed by atoms with van der Waals surface area (Å²) in [4.78, 5) is 86.1. The van der Waals surface area contributed by atoms with Crippen molar-refractivity contribution in [3.63, 3.8) is 0 Å². The van der Waals surface area contributed by atoms with Gasteiger partial charge in [0, 0.05) is 44.4 Å². The summed E-state index contributed by atoms with van der Waals surface area (Å²) in [6.45, 7) is 4.38. The number of fused-ring (bicyclic) bond motifs is 2. The molecule has 15 nitrogen and oxygen atoms in total. The van der Waals surface area contributed by atoms with Gasteiger partial charge >= 0.3 is 0 Å². The fourth-order valence-corrected chi connectivity index (χ4v) is 6.81. The van der Waals surface area contributed by atoms with E-state index in [1.54, 1.807) is 54.6 Å². The van der Waals surface area contributed by atoms with Crippen LogP contribution < -0.4 is 35.5 Å². The summed E-state index contributed by atoms with van der Waals surface area (Å²) in [5.41, 5.74) is 1.78. The number of ether oxygens (including phenoxy) is 3. The van der Waals surface area contributed by atoms with Crippen molar-refractivity contribution >= 4 is 47.0 Å². The summed E-state index contributed by atoms with van der Waals surface area (Å²) < 4.78 is 16.9. The Bertz CT molecular complexity index is 1980. The van der Waals surface area contributed by atoms with Crippen LogP contribution in [0.1, 0.15) is 37.5 Å². The summed E-state index contributed by atoms with van der Waals surface area (Å²) in [5.74, 6) is -2.20. The lowest BCUT2D eigenvalue weighted by Crippen LogP contribution is -2.61. The van der Waals surface area contributed by atoms with E-state index in [0.717, 1.165) is 0 Å². The Morgan fingerprint density at radius 1 is 0.696 bits per heavy atom. The molecule has 6 atom stereocenters. The highest BCUT2D eigenvalue weighted by Crippen LogP contribution is 2.37. The van der Waals surface area contributed by atoms with Gasteiger partial charge in [0.05, 0.1) is 14.2 Å². The van der Waals surface area contributed by atoms with Crippen molar-refractivity contribution in [3.8, 4) is 23.0 Å². The second-order valence-electron chi connectivity index (χ2n) is 14.0. The van der Waals surface area contributed by atoms with Crippen LogP contribution in [-0.4, -0.2) is 110 Å². The van der Waals surface area contributed by atoms with E-state index in [2.05, 4.69) is 21.3 Å². The SMILES string of the molecule is COc1ccc(C[C@H]2C(=O)N[C@@H](C)C(=O)N(C)[C@H]3Cc4ccc(cc4)Oc4cc(c(Cl)cc4OC)C[C@H](NC3=O)C(=O)N[C@H](C)C(=O)N[C@@H](C)C(=O)N2C)cc1. The predicted octanol–water partition coefficient (Wildman–Crippen LogP) is 2.16. The highest BCUT2D eigenvalue weighted by atomic mass is 35.5. The summed E-state index contributed by atoms with van der Waals surface area (Å²) >= 11 is 6.66. The number of methoxy groups -OCH3 is 2. The monoisotopic (exact) mass is 790 g/mol. The zero-order valence-electron chi connectivity index (χ0n) is 32.3. The van der Waals surface area contributed by atoms with Crippen molar-refractivity contribution in [1.82, 2.24) is 31.1 Å². The summed E-state index contributed by atoms with van der Waals surface area (Å²) in [6.07, 6.45) is -0.0602. The fraction of sp³-hybridized carbons (Fsp3) is 0.400. The molecule has 0 saturated carbocycles. The van der Waals surface area contributed by atoms with Crippen LogP contribution in [0, 0.1) is 0 Å². The van der Waals surface area contributed by atoms with Crippen LogP contribution in [0.25, 0.3) is 0 Å². The molecule has 0 aromatic heterocycles. The highest BCUT2D eigenvalue weighted by Gasteiger charge is 2.37. The molecule has 298 valence electrons. The summed E-state index contributed by atoms with van der Waals surface area (Å²) in [6, 6.07) is 9.97. The minimum Gasteiger partial charge on any atom is -0.497 e. The molecule has 3 heterocycles. The average molecular weight is 791 g/mol. The smallest absolute Gasteiger partial charge is 0.245 e. The third-order valence-electron chi connectivity index (χ3n) is 10.0. The maximum Gasteiger partial charge on any atom is 0.245 e. The number of rotatable bonds is 4. The van der Waals surface area contributed by atoms with E-state index < -0.39 is 71.7 Å². The molecule has 3 aliphatic rings. The Kier molecular flexibility index (Phi) is 13.1. The number of hydrogen-bond donors (Lipinski definition) is 4. The molecule has 4 N–H and O–H groups in total. The van der Waals surface area contributed by atoms with Gasteiger partial charge in [0.15, 0.2) is 11.5 Å². The maximum atomic E-state index is 14.3. The van der Waals surface area contributed by atoms with Crippen molar-refractivity contribution in [2.45, 2.75) is 76.3 Å². The number of likely N-dealkylation sites (N-methyl/N-ethyl adjacent to an activating group) is 2. The maximum absolute atomic E-state index is 14.3. The van der Waals surface area contributed by atoms with E-state index in [1.807, 2.05) is 0 Å². The number of amides is 6. The van der Waals surface area contributed by atoms with Gasteiger partial charge in [-0.3, -0.25) is 28.8 Å². The average Bonchev–Trinajstić information content (AvgIpc) is 3.18. The van der Waals surface area contributed by atoms with Gasteiger partial charge < -0.3 is 45.3 Å². The molecule has 3 aliphatic heterocycles. The Hall–Kier alpha value is -5.83. The van der Waals surface area contributed by atoms with E-state index in [1.165, 1.54) is 65.0 Å². The van der Waals surface area contributed by atoms with Gasteiger partial charge in [0.1, 0.15) is 47.8 Å². The molecule has 56 heavy (non-hydrogen) atoms. The number of hydrogen-bond acceptors (Lipinski definition) is 9. The molecule has 0 unspecified atom stereocenters. The first-order chi connectivity index (χ1) is 26.6. The molecular weight excluding hydrogens is 744 g/mol. The molecule has 3 aromatic carbocycles. The Morgan fingerprint density at radius 3 is 1.93 bits per heavy atom. The molecule has 0 spiro atoms. The largest absolute Gasteiger partial charge is 0.497 e. The zero-order chi connectivity index (χ0) is 40.8. The first-order valence-electron chi connectivity index (χ1n) is 18.1. The molecule has 1 saturated heterocycles. The Balaban J connectivity index is 1.56. The number of carbonyl (C=O) groups is 6. The van der Waals surface area contributed by atoms with E-state index in [0.29, 0.717) is 39.7 Å². The van der Waals surface area contributed by atoms with Crippen LogP contribution in [0.3, 0.4) is 0 Å². The van der Waals surface area contributed by atoms with Crippen molar-refractivity contribution in [3.05, 3.63) is 82.4 Å². The number of nitrogens with zero attached hydrogens (tertiary/aromatic N) is 2. The van der Waals surface area contributed by atoms with Crippen molar-refractivity contribution < 1.29 is 43.0 Å². The topological polar surface area (TPSA) is 185 Å². The highest BCUT2D eigenvalue weighted by molar-refractivity contribution is 6.31. The van der Waals surface area contributed by atoms with E-state index in [-0.39, 0.29) is 24.3 Å². The van der Waals surface area contributed by atoms with Gasteiger partial charge in [-0.25, -0.2) is 0 Å². The van der Waals surface area contributed by atoms with Crippen molar-refractivity contribution in [1.29, 1.82) is 0 Å². The molecule has 0 radical (unpaired) electrons. The van der Waals surface area contributed by atoms with Gasteiger partial charge in [-0.05, 0) is 67.8 Å². The minimum atomic E-state index is -1.30. The molecule has 6 rings (SSSR count). The third kappa shape index (κ3) is 9.51. The number of benzene rings is 3. The second kappa shape index (κ2) is 17.8. The number of carbonyl (C=O) groups excluding carboxylic acids is 6. The normalized spacial score (nSPS) is 24.1. The van der Waals surface area contributed by atoms with Crippen LogP contribution in [0.4, 0.5) is 0 Å². The van der Waals surface area contributed by atoms with Gasteiger partial charge in [-0.2, -0.15) is 0 Å². The molecule has 0 aliphatic carbocycles. The molecule has 1 fully saturated rings. The van der Waals surface area contributed by atoms with Gasteiger partial charge in [0.2, 0.25) is 35.4 Å². The minimum absolute atomic E-state index is 0.0206. The van der Waals surface area contributed by atoms with E-state index >= 15 is 0 Å². The van der Waals surface area contributed by atoms with Crippen LogP contribution >= 0.6 is 11.6 Å². The summed E-state index contributed by atoms with van der Waals surface area (Å²) in [7, 11) is 5.87. The van der Waals surface area contributed by atoms with E-state index in [9.17, 15) is 28.8 Å². The Morgan fingerprint density at radius 2 is 1.30 bits per heavy atom. The molecular formula is C40H47ClN6O9. The molecule has 16 heteroatoms. The van der Waals surface area contributed by atoms with Gasteiger partial charge in [0.25, 0.3) is 0 Å². The van der Waals surface area contributed by atoms with E-state index in [4.69, 9.17) is 25.8 Å². The Labute approximate surface area is 330 Å². The predicted molar refractivity (Wildman–Crippen MR) is 206 cm³/mol. The second-order valence-corrected chi connectivity index (χ2v) is 14.4. The van der Waals surface area contributed by atoms with Crippen LogP contribution in [0.15, 0.2) is 60.7 Å². The quantitative estimate of drug-likeness (QED) is 0.308. The van der Waals surface area contributed by atoms with Crippen LogP contribution in [0.5, 0.6) is 23.0 Å². The lowest BCUT2D eigenvalue weighted by atomic mass is 10.00. The fourth-order valence-electron chi connectivity index (χ4n) is 6.58. The van der Waals surface area contributed by atoms with Crippen molar-refractivity contribution in [2.24, 2.45) is 0 Å². The number of halogens is 1. The first kappa shape index (κ1) is 41.3. The zero-order valence-corrected chi connectivity index (χ0v) is 33.1. The van der Waals surface area contributed by atoms with Gasteiger partial charge in [-0.15, -0.1) is 0 Å². The number of nitrogens with one attached hydrogen (secondary N) is 4. The standard InChI is InChI=1S/C40H47ClN6O9/c1-21-35(48)43-22(2)39(52)46(4)31(16-24-8-12-27(54-6)13-9-24)37(50)44-23(3)40(53)47(5)32-17-25-10-14-28(15-11-25)56-34-19-26(29(41)20-33(34)55-7)18-30(36(49)42-21)45-38(32)51/h8-15,19-23,30-32H,16-18H2,1-7H3,(H,42,49)(H,43,48)(H,44,50)(H,45,51)/t21-,22+,23+,30+,31+,32+/m1/s1. The van der Waals surface area contributed by atoms with Crippen LogP contribution in [-0.2, 0) is 48.0 Å².